The molecule has 0 saturated heterocycles. The molecule has 0 bridgehead atoms. The number of aryl methyl sites for hydroxylation is 1. The highest BCUT2D eigenvalue weighted by Gasteiger charge is 2.09. The van der Waals surface area contributed by atoms with Crippen LogP contribution >= 0.6 is 0 Å². The Bertz CT molecular complexity index is 607. The molecule has 1 aromatic heterocycles. The summed E-state index contributed by atoms with van der Waals surface area (Å²) in [5.74, 6) is 0.819. The van der Waals surface area contributed by atoms with Gasteiger partial charge in [-0.15, -0.1) is 5.10 Å². The van der Waals surface area contributed by atoms with Crippen molar-refractivity contribution >= 4 is 9.84 Å². The van der Waals surface area contributed by atoms with Crippen molar-refractivity contribution in [1.82, 2.24) is 20.2 Å². The first-order valence-electron chi connectivity index (χ1n) is 5.57. The Kier molecular flexibility index (Phi) is 3.71. The van der Waals surface area contributed by atoms with Crippen LogP contribution in [0.25, 0.3) is 5.69 Å². The minimum absolute atomic E-state index is 0.147. The van der Waals surface area contributed by atoms with E-state index in [0.717, 1.165) is 5.69 Å². The van der Waals surface area contributed by atoms with Gasteiger partial charge in [0, 0.05) is 12.7 Å². The fraction of sp³-hybridized carbons (Fsp3) is 0.364. The third-order valence-corrected chi connectivity index (χ3v) is 3.48. The molecule has 0 fully saturated rings. The zero-order valence-corrected chi connectivity index (χ0v) is 10.8. The summed E-state index contributed by atoms with van der Waals surface area (Å²) >= 11 is 0. The lowest BCUT2D eigenvalue weighted by atomic mass is 10.3. The van der Waals surface area contributed by atoms with Crippen molar-refractivity contribution in [2.45, 2.75) is 12.8 Å². The van der Waals surface area contributed by atoms with Crippen LogP contribution in [0.4, 0.5) is 0 Å². The van der Waals surface area contributed by atoms with Crippen LogP contribution < -0.4 is 0 Å². The quantitative estimate of drug-likeness (QED) is 0.793. The van der Waals surface area contributed by atoms with Crippen LogP contribution in [0, 0.1) is 0 Å². The molecule has 0 unspecified atom stereocenters. The van der Waals surface area contributed by atoms with Crippen LogP contribution in [-0.2, 0) is 16.3 Å². The summed E-state index contributed by atoms with van der Waals surface area (Å²) in [5.41, 5.74) is 0.872. The van der Waals surface area contributed by atoms with Crippen LogP contribution in [0.5, 0.6) is 0 Å². The van der Waals surface area contributed by atoms with E-state index in [1.54, 1.807) is 4.68 Å². The number of nitrogens with zero attached hydrogens (tertiary/aromatic N) is 4. The van der Waals surface area contributed by atoms with E-state index in [9.17, 15) is 8.42 Å². The third-order valence-electron chi connectivity index (χ3n) is 2.45. The number of rotatable bonds is 5. The zero-order valence-electron chi connectivity index (χ0n) is 10.0. The van der Waals surface area contributed by atoms with Crippen LogP contribution in [0.15, 0.2) is 30.3 Å². The van der Waals surface area contributed by atoms with E-state index in [-0.39, 0.29) is 5.75 Å². The molecule has 2 rings (SSSR count). The lowest BCUT2D eigenvalue weighted by Gasteiger charge is -2.03. The highest BCUT2D eigenvalue weighted by Crippen LogP contribution is 2.08. The van der Waals surface area contributed by atoms with Gasteiger partial charge in [-0.05, 0) is 29.0 Å². The van der Waals surface area contributed by atoms with Gasteiger partial charge in [-0.3, -0.25) is 0 Å². The highest BCUT2D eigenvalue weighted by molar-refractivity contribution is 7.90. The van der Waals surface area contributed by atoms with Crippen molar-refractivity contribution in [1.29, 1.82) is 0 Å². The molecule has 0 saturated carbocycles. The molecule has 0 amide bonds. The van der Waals surface area contributed by atoms with Crippen LogP contribution in [0.2, 0.25) is 0 Å². The van der Waals surface area contributed by atoms with Crippen LogP contribution in [-0.4, -0.2) is 40.6 Å². The van der Waals surface area contributed by atoms with E-state index in [1.165, 1.54) is 6.26 Å². The molecule has 96 valence electrons. The van der Waals surface area contributed by atoms with Crippen molar-refractivity contribution in [3.63, 3.8) is 0 Å². The monoisotopic (exact) mass is 266 g/mol. The molecular weight excluding hydrogens is 252 g/mol. The summed E-state index contributed by atoms with van der Waals surface area (Å²) in [4.78, 5) is 0. The fourth-order valence-electron chi connectivity index (χ4n) is 1.62. The second kappa shape index (κ2) is 5.26. The largest absolute Gasteiger partial charge is 0.229 e. The zero-order chi connectivity index (χ0) is 13.0. The van der Waals surface area contributed by atoms with Crippen molar-refractivity contribution in [3.8, 4) is 5.69 Å². The molecule has 0 spiro atoms. The first-order chi connectivity index (χ1) is 8.56. The Labute approximate surface area is 106 Å². The lowest BCUT2D eigenvalue weighted by molar-refractivity contribution is 0.598. The average Bonchev–Trinajstić information content (AvgIpc) is 2.77. The number of hydrogen-bond acceptors (Lipinski definition) is 5. The molecular formula is C11H14N4O2S. The van der Waals surface area contributed by atoms with Gasteiger partial charge in [0.15, 0.2) is 5.82 Å². The van der Waals surface area contributed by atoms with E-state index < -0.39 is 9.84 Å². The molecule has 1 aromatic carbocycles. The Morgan fingerprint density at radius 2 is 1.94 bits per heavy atom. The predicted octanol–water partition coefficient (Wildman–Crippen LogP) is 0.639. The van der Waals surface area contributed by atoms with Crippen LogP contribution in [0.1, 0.15) is 12.2 Å². The predicted molar refractivity (Wildman–Crippen MR) is 67.2 cm³/mol. The first-order valence-corrected chi connectivity index (χ1v) is 7.63. The van der Waals surface area contributed by atoms with E-state index in [4.69, 9.17) is 0 Å². The highest BCUT2D eigenvalue weighted by atomic mass is 32.2. The van der Waals surface area contributed by atoms with Gasteiger partial charge in [-0.25, -0.2) is 8.42 Å². The standard InChI is InChI=1S/C11H14N4O2S/c1-18(16,17)9-5-8-11-12-13-14-15(11)10-6-3-2-4-7-10/h2-4,6-7H,5,8-9H2,1H3. The summed E-state index contributed by atoms with van der Waals surface area (Å²) in [6.45, 7) is 0. The van der Waals surface area contributed by atoms with Gasteiger partial charge in [0.25, 0.3) is 0 Å². The number of benzene rings is 1. The molecule has 0 aliphatic rings. The van der Waals surface area contributed by atoms with Crippen molar-refractivity contribution in [3.05, 3.63) is 36.2 Å². The molecule has 1 heterocycles. The molecule has 0 aliphatic heterocycles. The van der Waals surface area contributed by atoms with E-state index in [1.807, 2.05) is 30.3 Å². The van der Waals surface area contributed by atoms with Gasteiger partial charge in [0.1, 0.15) is 9.84 Å². The Hall–Kier alpha value is -1.76. The van der Waals surface area contributed by atoms with Gasteiger partial charge in [-0.1, -0.05) is 18.2 Å². The van der Waals surface area contributed by atoms with Crippen molar-refractivity contribution in [2.75, 3.05) is 12.0 Å². The van der Waals surface area contributed by atoms with E-state index in [0.29, 0.717) is 18.7 Å². The lowest BCUT2D eigenvalue weighted by Crippen LogP contribution is -2.08. The Balaban J connectivity index is 2.09. The minimum Gasteiger partial charge on any atom is -0.229 e. The normalized spacial score (nSPS) is 11.6. The third kappa shape index (κ3) is 3.36. The molecule has 0 radical (unpaired) electrons. The van der Waals surface area contributed by atoms with E-state index >= 15 is 0 Å². The van der Waals surface area contributed by atoms with Gasteiger partial charge in [0.2, 0.25) is 0 Å². The number of aromatic nitrogens is 4. The summed E-state index contributed by atoms with van der Waals surface area (Å²) in [5, 5.41) is 11.5. The topological polar surface area (TPSA) is 77.7 Å². The number of tetrazole rings is 1. The van der Waals surface area contributed by atoms with E-state index in [2.05, 4.69) is 15.5 Å². The van der Waals surface area contributed by atoms with Gasteiger partial charge >= 0.3 is 0 Å². The molecule has 0 atom stereocenters. The number of sulfone groups is 1. The summed E-state index contributed by atoms with van der Waals surface area (Å²) in [7, 11) is -2.93. The number of para-hydroxylation sites is 1. The summed E-state index contributed by atoms with van der Waals surface area (Å²) in [6, 6.07) is 9.51. The van der Waals surface area contributed by atoms with Gasteiger partial charge in [-0.2, -0.15) is 4.68 Å². The van der Waals surface area contributed by atoms with Gasteiger partial charge in [0.05, 0.1) is 11.4 Å². The maximum Gasteiger partial charge on any atom is 0.156 e. The summed E-state index contributed by atoms with van der Waals surface area (Å²) < 4.78 is 23.7. The SMILES string of the molecule is CS(=O)(=O)CCCc1nnnn1-c1ccccc1. The molecule has 7 heteroatoms. The first kappa shape index (κ1) is 12.7. The molecule has 6 nitrogen and oxygen atoms in total. The van der Waals surface area contributed by atoms with Gasteiger partial charge < -0.3 is 0 Å². The maximum atomic E-state index is 11.1. The molecule has 2 aromatic rings. The maximum absolute atomic E-state index is 11.1. The Morgan fingerprint density at radius 3 is 2.61 bits per heavy atom. The second-order valence-electron chi connectivity index (χ2n) is 4.08. The molecule has 18 heavy (non-hydrogen) atoms. The van der Waals surface area contributed by atoms with Crippen molar-refractivity contribution < 1.29 is 8.42 Å². The second-order valence-corrected chi connectivity index (χ2v) is 6.34. The smallest absolute Gasteiger partial charge is 0.156 e. The molecule has 0 N–H and O–H groups in total. The van der Waals surface area contributed by atoms with Crippen molar-refractivity contribution in [2.24, 2.45) is 0 Å². The number of hydrogen-bond donors (Lipinski definition) is 0. The minimum atomic E-state index is -2.93. The van der Waals surface area contributed by atoms with Crippen LogP contribution in [0.3, 0.4) is 0 Å². The fourth-order valence-corrected chi connectivity index (χ4v) is 2.29. The Morgan fingerprint density at radius 1 is 1.22 bits per heavy atom. The summed E-state index contributed by atoms with van der Waals surface area (Å²) in [6.07, 6.45) is 2.29. The average molecular weight is 266 g/mol. The molecule has 0 aliphatic carbocycles.